The number of carbonyl (C=O) groups is 1. The molecular weight excluding hydrogens is 523 g/mol. The van der Waals surface area contributed by atoms with E-state index in [0.717, 1.165) is 10.9 Å². The Kier molecular flexibility index (Phi) is 7.08. The van der Waals surface area contributed by atoms with Crippen molar-refractivity contribution in [2.45, 2.75) is 12.7 Å². The number of hydrogen-bond acceptors (Lipinski definition) is 5. The number of hydrazine groups is 1. The molecule has 1 amide bonds. The molecule has 0 radical (unpaired) electrons. The van der Waals surface area contributed by atoms with E-state index in [1.807, 2.05) is 0 Å². The number of amides is 1. The molecule has 3 aromatic rings. The van der Waals surface area contributed by atoms with Gasteiger partial charge in [0.25, 0.3) is 5.91 Å². The summed E-state index contributed by atoms with van der Waals surface area (Å²) in [5.74, 6) is -0.857. The summed E-state index contributed by atoms with van der Waals surface area (Å²) < 4.78 is 40.1. The number of rotatable bonds is 4. The molecule has 2 aromatic carbocycles. The summed E-state index contributed by atoms with van der Waals surface area (Å²) in [6.07, 6.45) is -4.58. The van der Waals surface area contributed by atoms with Gasteiger partial charge in [-0.15, -0.1) is 10.2 Å². The first-order chi connectivity index (χ1) is 14.6. The van der Waals surface area contributed by atoms with Gasteiger partial charge in [-0.25, -0.2) is 0 Å². The second kappa shape index (κ2) is 9.58. The molecule has 14 heteroatoms. The van der Waals surface area contributed by atoms with Crippen LogP contribution in [-0.4, -0.2) is 31.2 Å². The third-order valence-corrected chi connectivity index (χ3v) is 5.14. The van der Waals surface area contributed by atoms with E-state index in [1.165, 1.54) is 18.2 Å². The molecule has 0 fully saturated rings. The zero-order chi connectivity index (χ0) is 22.6. The molecule has 162 valence electrons. The Labute approximate surface area is 192 Å². The van der Waals surface area contributed by atoms with Crippen LogP contribution in [0.2, 0.25) is 5.02 Å². The van der Waals surface area contributed by atoms with E-state index in [-0.39, 0.29) is 16.5 Å². The Morgan fingerprint density at radius 1 is 1.19 bits per heavy atom. The first kappa shape index (κ1) is 22.9. The Morgan fingerprint density at radius 2 is 1.94 bits per heavy atom. The lowest BCUT2D eigenvalue weighted by atomic mass is 10.1. The Bertz CT molecular complexity index is 1130. The first-order valence-corrected chi connectivity index (χ1v) is 9.96. The fourth-order valence-electron chi connectivity index (χ4n) is 2.37. The van der Waals surface area contributed by atoms with Gasteiger partial charge >= 0.3 is 6.18 Å². The molecule has 0 spiro atoms. The van der Waals surface area contributed by atoms with Crippen LogP contribution >= 0.6 is 39.7 Å². The number of nitrogens with zero attached hydrogens (tertiary/aromatic N) is 4. The second-order valence-corrected chi connectivity index (χ2v) is 7.61. The summed E-state index contributed by atoms with van der Waals surface area (Å²) >= 11 is 14.3. The number of tetrazole rings is 1. The summed E-state index contributed by atoms with van der Waals surface area (Å²) in [7, 11) is 0. The number of halogens is 5. The number of anilines is 1. The SMILES string of the molecule is O=C(Cn1nnc(-c2ccccc2C(F)(F)F)n1)NNC(=S)Nc1ccc(Br)c(Cl)c1. The highest BCUT2D eigenvalue weighted by Gasteiger charge is 2.34. The van der Waals surface area contributed by atoms with Crippen LogP contribution in [0.3, 0.4) is 0 Å². The van der Waals surface area contributed by atoms with Crippen molar-refractivity contribution in [1.82, 2.24) is 31.1 Å². The van der Waals surface area contributed by atoms with E-state index in [4.69, 9.17) is 23.8 Å². The zero-order valence-corrected chi connectivity index (χ0v) is 18.4. The molecule has 0 aliphatic heterocycles. The van der Waals surface area contributed by atoms with E-state index >= 15 is 0 Å². The molecule has 8 nitrogen and oxygen atoms in total. The monoisotopic (exact) mass is 533 g/mol. The summed E-state index contributed by atoms with van der Waals surface area (Å²) in [6.45, 7) is -0.402. The standard InChI is InChI=1S/C17H12BrClF3N7OS/c18-12-6-5-9(7-13(12)19)23-16(31)26-24-14(30)8-29-27-15(25-28-29)10-3-1-2-4-11(10)17(20,21)22/h1-7H,8H2,(H,24,30)(H2,23,26,31). The zero-order valence-electron chi connectivity index (χ0n) is 15.2. The van der Waals surface area contributed by atoms with Gasteiger partial charge in [-0.2, -0.15) is 18.0 Å². The fraction of sp³-hybridized carbons (Fsp3) is 0.118. The lowest BCUT2D eigenvalue weighted by Crippen LogP contribution is -2.45. The molecule has 1 aromatic heterocycles. The number of benzene rings is 2. The summed E-state index contributed by atoms with van der Waals surface area (Å²) in [5.41, 5.74) is 4.25. The number of aromatic nitrogens is 4. The van der Waals surface area contributed by atoms with Gasteiger partial charge in [-0.3, -0.25) is 15.6 Å². The van der Waals surface area contributed by atoms with Gasteiger partial charge in [0, 0.05) is 15.7 Å². The minimum atomic E-state index is -4.58. The predicted molar refractivity (Wildman–Crippen MR) is 115 cm³/mol. The summed E-state index contributed by atoms with van der Waals surface area (Å²) in [6, 6.07) is 9.89. The second-order valence-electron chi connectivity index (χ2n) is 5.94. The van der Waals surface area contributed by atoms with Gasteiger partial charge < -0.3 is 5.32 Å². The van der Waals surface area contributed by atoms with Gasteiger partial charge in [0.1, 0.15) is 6.54 Å². The molecule has 0 saturated heterocycles. The van der Waals surface area contributed by atoms with Gasteiger partial charge in [0.15, 0.2) is 5.11 Å². The molecule has 0 aliphatic rings. The maximum absolute atomic E-state index is 13.1. The highest BCUT2D eigenvalue weighted by atomic mass is 79.9. The smallest absolute Gasteiger partial charge is 0.331 e. The van der Waals surface area contributed by atoms with Gasteiger partial charge in [-0.1, -0.05) is 29.8 Å². The molecule has 3 N–H and O–H groups in total. The third-order valence-electron chi connectivity index (χ3n) is 3.70. The molecule has 0 bridgehead atoms. The van der Waals surface area contributed by atoms with Gasteiger partial charge in [-0.05, 0) is 57.6 Å². The van der Waals surface area contributed by atoms with Crippen LogP contribution < -0.4 is 16.2 Å². The van der Waals surface area contributed by atoms with Crippen LogP contribution in [-0.2, 0) is 17.5 Å². The molecule has 0 saturated carbocycles. The number of hydrogen-bond donors (Lipinski definition) is 3. The highest BCUT2D eigenvalue weighted by molar-refractivity contribution is 9.10. The topological polar surface area (TPSA) is 96.8 Å². The van der Waals surface area contributed by atoms with Crippen molar-refractivity contribution in [3.05, 3.63) is 57.5 Å². The average molecular weight is 535 g/mol. The lowest BCUT2D eigenvalue weighted by Gasteiger charge is -2.12. The van der Waals surface area contributed by atoms with E-state index in [1.54, 1.807) is 18.2 Å². The molecule has 3 rings (SSSR count). The summed E-state index contributed by atoms with van der Waals surface area (Å²) in [4.78, 5) is 12.9. The van der Waals surface area contributed by atoms with Crippen LogP contribution in [0, 0.1) is 0 Å². The van der Waals surface area contributed by atoms with Gasteiger partial charge in [0.2, 0.25) is 5.82 Å². The van der Waals surface area contributed by atoms with Crippen molar-refractivity contribution >= 4 is 56.5 Å². The van der Waals surface area contributed by atoms with Crippen LogP contribution in [0.25, 0.3) is 11.4 Å². The maximum atomic E-state index is 13.1. The third kappa shape index (κ3) is 6.12. The van der Waals surface area contributed by atoms with Crippen LogP contribution in [0.15, 0.2) is 46.9 Å². The van der Waals surface area contributed by atoms with Crippen LogP contribution in [0.5, 0.6) is 0 Å². The minimum Gasteiger partial charge on any atom is -0.331 e. The molecule has 31 heavy (non-hydrogen) atoms. The Balaban J connectivity index is 1.57. The fourth-order valence-corrected chi connectivity index (χ4v) is 2.97. The van der Waals surface area contributed by atoms with Crippen molar-refractivity contribution in [3.8, 4) is 11.4 Å². The van der Waals surface area contributed by atoms with Crippen molar-refractivity contribution in [2.75, 3.05) is 5.32 Å². The maximum Gasteiger partial charge on any atom is 0.417 e. The van der Waals surface area contributed by atoms with E-state index in [2.05, 4.69) is 47.5 Å². The van der Waals surface area contributed by atoms with Gasteiger partial charge in [0.05, 0.1) is 10.6 Å². The van der Waals surface area contributed by atoms with Crippen molar-refractivity contribution in [1.29, 1.82) is 0 Å². The number of thiocarbonyl (C=S) groups is 1. The van der Waals surface area contributed by atoms with Crippen molar-refractivity contribution in [3.63, 3.8) is 0 Å². The predicted octanol–water partition coefficient (Wildman–Crippen LogP) is 3.79. The quantitative estimate of drug-likeness (QED) is 0.346. The molecular formula is C17H12BrClF3N7OS. The Hall–Kier alpha value is -2.77. The number of carbonyl (C=O) groups excluding carboxylic acids is 1. The van der Waals surface area contributed by atoms with E-state index < -0.39 is 24.2 Å². The minimum absolute atomic E-state index is 0.0816. The normalized spacial score (nSPS) is 11.1. The van der Waals surface area contributed by atoms with Crippen molar-refractivity contribution < 1.29 is 18.0 Å². The number of alkyl halides is 3. The first-order valence-electron chi connectivity index (χ1n) is 8.39. The average Bonchev–Trinajstić information content (AvgIpc) is 3.17. The highest BCUT2D eigenvalue weighted by Crippen LogP contribution is 2.35. The summed E-state index contributed by atoms with van der Waals surface area (Å²) in [5, 5.41) is 14.4. The molecule has 0 aliphatic carbocycles. The van der Waals surface area contributed by atoms with E-state index in [9.17, 15) is 18.0 Å². The number of nitrogens with one attached hydrogen (secondary N) is 3. The molecule has 1 heterocycles. The van der Waals surface area contributed by atoms with E-state index in [0.29, 0.717) is 15.2 Å². The van der Waals surface area contributed by atoms with Crippen LogP contribution in [0.4, 0.5) is 18.9 Å². The molecule has 0 atom stereocenters. The van der Waals surface area contributed by atoms with Crippen LogP contribution in [0.1, 0.15) is 5.56 Å². The largest absolute Gasteiger partial charge is 0.417 e. The Morgan fingerprint density at radius 3 is 2.65 bits per heavy atom. The molecule has 0 unspecified atom stereocenters. The van der Waals surface area contributed by atoms with Crippen molar-refractivity contribution in [2.24, 2.45) is 0 Å². The lowest BCUT2D eigenvalue weighted by molar-refractivity contribution is -0.137.